The van der Waals surface area contributed by atoms with Crippen molar-refractivity contribution in [2.45, 2.75) is 39.2 Å². The third kappa shape index (κ3) is 3.95. The number of hydrogen-bond donors (Lipinski definition) is 2. The topological polar surface area (TPSA) is 104 Å². The molecule has 2 aromatic rings. The summed E-state index contributed by atoms with van der Waals surface area (Å²) in [5.41, 5.74) is 6.78. The second kappa shape index (κ2) is 6.91. The number of aryl methyl sites for hydroxylation is 3. The average molecular weight is 317 g/mol. The monoisotopic (exact) mass is 317 g/mol. The van der Waals surface area contributed by atoms with Crippen LogP contribution in [0.2, 0.25) is 0 Å². The fourth-order valence-corrected chi connectivity index (χ4v) is 2.77. The Morgan fingerprint density at radius 3 is 2.91 bits per heavy atom. The first-order chi connectivity index (χ1) is 11.1. The first-order valence-corrected chi connectivity index (χ1v) is 7.96. The molecule has 1 aliphatic heterocycles. The summed E-state index contributed by atoms with van der Waals surface area (Å²) >= 11 is 0. The highest BCUT2D eigenvalue weighted by Gasteiger charge is 2.20. The van der Waals surface area contributed by atoms with Crippen LogP contribution < -0.4 is 11.1 Å². The van der Waals surface area contributed by atoms with Crippen LogP contribution in [0.3, 0.4) is 0 Å². The van der Waals surface area contributed by atoms with Crippen LogP contribution >= 0.6 is 0 Å². The van der Waals surface area contributed by atoms with Crippen LogP contribution in [0.15, 0.2) is 6.07 Å². The lowest BCUT2D eigenvalue weighted by Gasteiger charge is -2.11. The fourth-order valence-electron chi connectivity index (χ4n) is 2.77. The summed E-state index contributed by atoms with van der Waals surface area (Å²) in [4.78, 5) is 12.9. The zero-order chi connectivity index (χ0) is 16.2. The molecule has 8 heteroatoms. The zero-order valence-electron chi connectivity index (χ0n) is 13.6. The summed E-state index contributed by atoms with van der Waals surface area (Å²) in [6, 6.07) is 1.97. The van der Waals surface area contributed by atoms with E-state index in [1.165, 1.54) is 0 Å². The summed E-state index contributed by atoms with van der Waals surface area (Å²) < 4.78 is 7.34. The van der Waals surface area contributed by atoms with Crippen molar-refractivity contribution in [1.82, 2.24) is 24.7 Å². The van der Waals surface area contributed by atoms with Gasteiger partial charge < -0.3 is 15.8 Å². The molecule has 8 nitrogen and oxygen atoms in total. The Kier molecular flexibility index (Phi) is 4.71. The minimum atomic E-state index is 0.305. The van der Waals surface area contributed by atoms with Gasteiger partial charge in [-0.25, -0.2) is 9.97 Å². The molecule has 23 heavy (non-hydrogen) atoms. The number of nitrogens with two attached hydrogens (primary N) is 1. The van der Waals surface area contributed by atoms with Crippen molar-refractivity contribution in [3.8, 4) is 0 Å². The maximum Gasteiger partial charge on any atom is 0.222 e. The molecule has 3 heterocycles. The van der Waals surface area contributed by atoms with E-state index >= 15 is 0 Å². The van der Waals surface area contributed by atoms with Crippen molar-refractivity contribution in [3.63, 3.8) is 0 Å². The number of nitrogens with zero attached hydrogens (tertiary/aromatic N) is 5. The number of anilines is 2. The van der Waals surface area contributed by atoms with Gasteiger partial charge in [-0.2, -0.15) is 10.1 Å². The Labute approximate surface area is 135 Å². The van der Waals surface area contributed by atoms with Gasteiger partial charge in [0.05, 0.1) is 12.3 Å². The van der Waals surface area contributed by atoms with E-state index in [1.54, 1.807) is 0 Å². The Bertz CT molecular complexity index is 664. The van der Waals surface area contributed by atoms with Crippen molar-refractivity contribution in [3.05, 3.63) is 23.4 Å². The molecule has 0 amide bonds. The van der Waals surface area contributed by atoms with Crippen LogP contribution in [0.4, 0.5) is 11.8 Å². The second-order valence-corrected chi connectivity index (χ2v) is 5.81. The molecule has 3 N–H and O–H groups in total. The predicted molar refractivity (Wildman–Crippen MR) is 87.2 cm³/mol. The van der Waals surface area contributed by atoms with E-state index in [-0.39, 0.29) is 0 Å². The molecule has 124 valence electrons. The molecule has 0 aliphatic carbocycles. The second-order valence-electron chi connectivity index (χ2n) is 5.81. The van der Waals surface area contributed by atoms with E-state index in [0.29, 0.717) is 18.5 Å². The molecule has 0 aromatic carbocycles. The third-order valence-corrected chi connectivity index (χ3v) is 3.93. The van der Waals surface area contributed by atoms with Gasteiger partial charge >= 0.3 is 0 Å². The van der Waals surface area contributed by atoms with Gasteiger partial charge in [0.15, 0.2) is 0 Å². The summed E-state index contributed by atoms with van der Waals surface area (Å²) in [6.07, 6.45) is 1.91. The lowest BCUT2D eigenvalue weighted by molar-refractivity contribution is 0.193. The standard InChI is InChI=1S/C15H23N7O/c1-10-18-11(2)22(21-10)6-3-5-17-14-8-13(19-15(16)20-14)12-4-7-23-9-12/h8,12H,3-7,9H2,1-2H3,(H3,16,17,19,20). The predicted octanol–water partition coefficient (Wildman–Crippen LogP) is 1.27. The number of aromatic nitrogens is 5. The van der Waals surface area contributed by atoms with Crippen LogP contribution in [-0.4, -0.2) is 44.5 Å². The number of rotatable bonds is 6. The van der Waals surface area contributed by atoms with E-state index in [4.69, 9.17) is 10.5 Å². The van der Waals surface area contributed by atoms with Gasteiger partial charge in [-0.3, -0.25) is 4.68 Å². The highest BCUT2D eigenvalue weighted by atomic mass is 16.5. The van der Waals surface area contributed by atoms with Crippen molar-refractivity contribution in [1.29, 1.82) is 0 Å². The molecule has 0 spiro atoms. The summed E-state index contributed by atoms with van der Waals surface area (Å²) in [5, 5.41) is 7.67. The van der Waals surface area contributed by atoms with Gasteiger partial charge in [0, 0.05) is 31.7 Å². The average Bonchev–Trinajstić information content (AvgIpc) is 3.13. The minimum Gasteiger partial charge on any atom is -0.381 e. The molecule has 0 radical (unpaired) electrons. The van der Waals surface area contributed by atoms with Crippen molar-refractivity contribution in [2.75, 3.05) is 30.8 Å². The van der Waals surface area contributed by atoms with Crippen LogP contribution in [0.1, 0.15) is 36.1 Å². The smallest absolute Gasteiger partial charge is 0.222 e. The van der Waals surface area contributed by atoms with E-state index in [0.717, 1.165) is 55.7 Å². The van der Waals surface area contributed by atoms with Crippen LogP contribution in [0, 0.1) is 13.8 Å². The van der Waals surface area contributed by atoms with Gasteiger partial charge in [-0.15, -0.1) is 0 Å². The van der Waals surface area contributed by atoms with E-state index in [9.17, 15) is 0 Å². The van der Waals surface area contributed by atoms with Crippen molar-refractivity contribution in [2.24, 2.45) is 0 Å². The van der Waals surface area contributed by atoms with Crippen LogP contribution in [0.5, 0.6) is 0 Å². The highest BCUT2D eigenvalue weighted by Crippen LogP contribution is 2.25. The zero-order valence-corrected chi connectivity index (χ0v) is 13.6. The van der Waals surface area contributed by atoms with E-state index in [2.05, 4.69) is 25.4 Å². The molecule has 1 atom stereocenters. The van der Waals surface area contributed by atoms with E-state index in [1.807, 2.05) is 24.6 Å². The van der Waals surface area contributed by atoms with Gasteiger partial charge in [0.1, 0.15) is 17.5 Å². The molecular formula is C15H23N7O. The van der Waals surface area contributed by atoms with Gasteiger partial charge in [0.25, 0.3) is 0 Å². The van der Waals surface area contributed by atoms with Crippen molar-refractivity contribution < 1.29 is 4.74 Å². The lowest BCUT2D eigenvalue weighted by Crippen LogP contribution is -2.12. The van der Waals surface area contributed by atoms with Gasteiger partial charge in [-0.1, -0.05) is 0 Å². The number of nitrogens with one attached hydrogen (secondary N) is 1. The molecule has 3 rings (SSSR count). The van der Waals surface area contributed by atoms with Gasteiger partial charge in [0.2, 0.25) is 5.95 Å². The normalized spacial score (nSPS) is 17.6. The van der Waals surface area contributed by atoms with Crippen molar-refractivity contribution >= 4 is 11.8 Å². The Morgan fingerprint density at radius 2 is 2.22 bits per heavy atom. The fraction of sp³-hybridized carbons (Fsp3) is 0.600. The quantitative estimate of drug-likeness (QED) is 0.773. The largest absolute Gasteiger partial charge is 0.381 e. The SMILES string of the molecule is Cc1nc(C)n(CCCNc2cc(C3CCOC3)nc(N)n2)n1. The maximum absolute atomic E-state index is 5.82. The first kappa shape index (κ1) is 15.7. The molecule has 1 fully saturated rings. The molecule has 0 bridgehead atoms. The summed E-state index contributed by atoms with van der Waals surface area (Å²) in [7, 11) is 0. The van der Waals surface area contributed by atoms with Crippen LogP contribution in [0.25, 0.3) is 0 Å². The Hall–Kier alpha value is -2.22. The first-order valence-electron chi connectivity index (χ1n) is 7.96. The number of ether oxygens (including phenoxy) is 1. The Balaban J connectivity index is 1.54. The maximum atomic E-state index is 5.82. The molecule has 1 saturated heterocycles. The highest BCUT2D eigenvalue weighted by molar-refractivity contribution is 5.41. The third-order valence-electron chi connectivity index (χ3n) is 3.93. The molecule has 0 saturated carbocycles. The summed E-state index contributed by atoms with van der Waals surface area (Å²) in [5.74, 6) is 3.15. The molecular weight excluding hydrogens is 294 g/mol. The minimum absolute atomic E-state index is 0.305. The van der Waals surface area contributed by atoms with Gasteiger partial charge in [-0.05, 0) is 26.7 Å². The lowest BCUT2D eigenvalue weighted by atomic mass is 10.0. The number of hydrogen-bond acceptors (Lipinski definition) is 7. The Morgan fingerprint density at radius 1 is 1.35 bits per heavy atom. The van der Waals surface area contributed by atoms with E-state index < -0.39 is 0 Å². The molecule has 1 unspecified atom stereocenters. The summed E-state index contributed by atoms with van der Waals surface area (Å²) in [6.45, 7) is 6.97. The molecule has 2 aromatic heterocycles. The number of nitrogen functional groups attached to an aromatic ring is 1. The van der Waals surface area contributed by atoms with Crippen LogP contribution in [-0.2, 0) is 11.3 Å². The molecule has 1 aliphatic rings.